The van der Waals surface area contributed by atoms with Gasteiger partial charge in [-0.1, -0.05) is 23.2 Å². The first-order chi connectivity index (χ1) is 10.1. The number of carbonyl (C=O) groups excluding carboxylic acids is 1. The van der Waals surface area contributed by atoms with Gasteiger partial charge in [-0.05, 0) is 54.9 Å². The van der Waals surface area contributed by atoms with E-state index in [1.165, 1.54) is 16.8 Å². The van der Waals surface area contributed by atoms with Gasteiger partial charge in [0.05, 0.1) is 15.7 Å². The molecule has 22 heavy (non-hydrogen) atoms. The molecule has 0 saturated carbocycles. The van der Waals surface area contributed by atoms with Gasteiger partial charge in [0.1, 0.15) is 11.4 Å². The zero-order valence-electron chi connectivity index (χ0n) is 12.1. The minimum absolute atomic E-state index is 0.109. The number of nitrogens with zero attached hydrogens (tertiary/aromatic N) is 1. The van der Waals surface area contributed by atoms with Crippen LogP contribution in [0.25, 0.3) is 11.3 Å². The fourth-order valence-electron chi connectivity index (χ4n) is 1.82. The Kier molecular flexibility index (Phi) is 4.90. The Morgan fingerprint density at radius 2 is 1.82 bits per heavy atom. The molecule has 118 valence electrons. The number of rotatable bonds is 1. The number of aromatic nitrogens is 1. The molecular weight excluding hydrogens is 396 g/mol. The molecule has 7 heteroatoms. The van der Waals surface area contributed by atoms with Crippen LogP contribution >= 0.6 is 39.1 Å². The summed E-state index contributed by atoms with van der Waals surface area (Å²) in [7, 11) is 0. The Hall–Kier alpha value is -1.04. The fraction of sp³-hybridized carbons (Fsp3) is 0.267. The molecule has 3 nitrogen and oxygen atoms in total. The van der Waals surface area contributed by atoms with Crippen molar-refractivity contribution < 1.29 is 13.9 Å². The molecule has 0 amide bonds. The molecule has 0 fully saturated rings. The molecule has 0 spiro atoms. The maximum absolute atomic E-state index is 14.2. The first kappa shape index (κ1) is 17.3. The second-order valence-corrected chi connectivity index (χ2v) is 7.37. The molecule has 1 aromatic heterocycles. The molecule has 0 radical (unpaired) electrons. The maximum atomic E-state index is 14.2. The van der Waals surface area contributed by atoms with Gasteiger partial charge in [0.2, 0.25) is 0 Å². The lowest BCUT2D eigenvalue weighted by molar-refractivity contribution is 0.0540. The van der Waals surface area contributed by atoms with Crippen LogP contribution in [0.3, 0.4) is 0 Å². The zero-order valence-corrected chi connectivity index (χ0v) is 15.2. The second kappa shape index (κ2) is 6.22. The lowest BCUT2D eigenvalue weighted by Crippen LogP contribution is -2.27. The molecule has 0 atom stereocenters. The smallest absolute Gasteiger partial charge is 0.419 e. The fourth-order valence-corrected chi connectivity index (χ4v) is 2.55. The Morgan fingerprint density at radius 1 is 1.23 bits per heavy atom. The zero-order chi connectivity index (χ0) is 16.7. The molecule has 0 aliphatic heterocycles. The van der Waals surface area contributed by atoms with E-state index in [1.807, 2.05) is 0 Å². The van der Waals surface area contributed by atoms with Crippen molar-refractivity contribution in [1.82, 2.24) is 4.57 Å². The topological polar surface area (TPSA) is 31.2 Å². The van der Waals surface area contributed by atoms with E-state index in [1.54, 1.807) is 26.8 Å². The number of benzene rings is 1. The van der Waals surface area contributed by atoms with Gasteiger partial charge in [0.15, 0.2) is 0 Å². The first-order valence-electron chi connectivity index (χ1n) is 6.34. The quantitative estimate of drug-likeness (QED) is 0.530. The summed E-state index contributed by atoms with van der Waals surface area (Å²) in [5.74, 6) is -0.579. The average Bonchev–Trinajstić information content (AvgIpc) is 2.74. The Morgan fingerprint density at radius 3 is 2.41 bits per heavy atom. The van der Waals surface area contributed by atoms with Gasteiger partial charge in [-0.3, -0.25) is 4.57 Å². The minimum Gasteiger partial charge on any atom is -0.443 e. The van der Waals surface area contributed by atoms with Crippen LogP contribution in [0.5, 0.6) is 0 Å². The van der Waals surface area contributed by atoms with Crippen LogP contribution in [0, 0.1) is 5.82 Å². The van der Waals surface area contributed by atoms with Crippen LogP contribution in [0.4, 0.5) is 9.18 Å². The van der Waals surface area contributed by atoms with E-state index in [9.17, 15) is 9.18 Å². The van der Waals surface area contributed by atoms with E-state index in [0.717, 1.165) is 6.07 Å². The van der Waals surface area contributed by atoms with E-state index >= 15 is 0 Å². The Labute approximate surface area is 146 Å². The lowest BCUT2D eigenvalue weighted by atomic mass is 10.1. The summed E-state index contributed by atoms with van der Waals surface area (Å²) in [6.45, 7) is 5.26. The van der Waals surface area contributed by atoms with Crippen LogP contribution in [0.2, 0.25) is 10.0 Å². The highest BCUT2D eigenvalue weighted by Gasteiger charge is 2.22. The molecule has 0 aliphatic rings. The van der Waals surface area contributed by atoms with Crippen LogP contribution in [-0.2, 0) is 4.74 Å². The Balaban J connectivity index is 2.54. The number of ether oxygens (including phenoxy) is 1. The summed E-state index contributed by atoms with van der Waals surface area (Å²) in [6.07, 6.45) is 0.893. The predicted molar refractivity (Wildman–Crippen MR) is 89.2 cm³/mol. The van der Waals surface area contributed by atoms with Gasteiger partial charge in [0.25, 0.3) is 0 Å². The molecule has 0 N–H and O–H groups in total. The van der Waals surface area contributed by atoms with Gasteiger partial charge < -0.3 is 4.74 Å². The maximum Gasteiger partial charge on any atom is 0.419 e. The van der Waals surface area contributed by atoms with Gasteiger partial charge in [-0.15, -0.1) is 0 Å². The van der Waals surface area contributed by atoms with E-state index < -0.39 is 17.5 Å². The van der Waals surface area contributed by atoms with E-state index in [-0.39, 0.29) is 15.6 Å². The van der Waals surface area contributed by atoms with Crippen LogP contribution in [-0.4, -0.2) is 16.3 Å². The summed E-state index contributed by atoms with van der Waals surface area (Å²) in [4.78, 5) is 12.3. The molecule has 1 heterocycles. The molecule has 2 rings (SSSR count). The number of carbonyl (C=O) groups is 1. The van der Waals surface area contributed by atoms with E-state index in [0.29, 0.717) is 10.2 Å². The van der Waals surface area contributed by atoms with Crippen molar-refractivity contribution in [3.63, 3.8) is 0 Å². The van der Waals surface area contributed by atoms with Crippen LogP contribution in [0.1, 0.15) is 20.8 Å². The molecular formula is C15H13BrCl2FNO2. The lowest BCUT2D eigenvalue weighted by Gasteiger charge is -2.20. The van der Waals surface area contributed by atoms with Gasteiger partial charge in [-0.2, -0.15) is 0 Å². The molecule has 0 aliphatic carbocycles. The largest absolute Gasteiger partial charge is 0.443 e. The average molecular weight is 409 g/mol. The summed E-state index contributed by atoms with van der Waals surface area (Å²) in [6, 6.07) is 4.09. The minimum atomic E-state index is -0.665. The number of hydrogen-bond donors (Lipinski definition) is 0. The van der Waals surface area contributed by atoms with Crippen molar-refractivity contribution in [3.05, 3.63) is 44.7 Å². The predicted octanol–water partition coefficient (Wildman–Crippen LogP) is 6.15. The Bertz CT molecular complexity index is 738. The first-order valence-corrected chi connectivity index (χ1v) is 7.89. The van der Waals surface area contributed by atoms with Crippen molar-refractivity contribution in [2.24, 2.45) is 0 Å². The van der Waals surface area contributed by atoms with E-state index in [4.69, 9.17) is 27.9 Å². The van der Waals surface area contributed by atoms with Crippen molar-refractivity contribution in [2.75, 3.05) is 0 Å². The molecule has 0 saturated heterocycles. The summed E-state index contributed by atoms with van der Waals surface area (Å²) < 4.78 is 21.3. The monoisotopic (exact) mass is 407 g/mol. The summed E-state index contributed by atoms with van der Waals surface area (Å²) >= 11 is 15.0. The van der Waals surface area contributed by atoms with Crippen LogP contribution in [0.15, 0.2) is 28.9 Å². The molecule has 0 bridgehead atoms. The molecule has 2 aromatic rings. The van der Waals surface area contributed by atoms with Crippen molar-refractivity contribution in [2.45, 2.75) is 26.4 Å². The highest BCUT2D eigenvalue weighted by Crippen LogP contribution is 2.33. The third-order valence-electron chi connectivity index (χ3n) is 2.66. The van der Waals surface area contributed by atoms with Crippen molar-refractivity contribution in [3.8, 4) is 11.3 Å². The number of hydrogen-bond acceptors (Lipinski definition) is 2. The second-order valence-electron chi connectivity index (χ2n) is 5.64. The highest BCUT2D eigenvalue weighted by molar-refractivity contribution is 9.10. The van der Waals surface area contributed by atoms with Gasteiger partial charge in [0, 0.05) is 16.2 Å². The number of halogens is 4. The standard InChI is InChI=1S/C15H13BrCl2FNO2/c1-15(2,3)22-14(21)20-7-8(16)4-13(20)9-5-10(17)11(18)6-12(9)19/h4-7H,1-3H3. The molecule has 0 unspecified atom stereocenters. The van der Waals surface area contributed by atoms with Gasteiger partial charge in [-0.25, -0.2) is 9.18 Å². The SMILES string of the molecule is CC(C)(C)OC(=O)n1cc(Br)cc1-c1cc(Cl)c(Cl)cc1F. The summed E-state index contributed by atoms with van der Waals surface area (Å²) in [5, 5.41) is 0.309. The van der Waals surface area contributed by atoms with Gasteiger partial charge >= 0.3 is 6.09 Å². The normalized spacial score (nSPS) is 11.6. The third-order valence-corrected chi connectivity index (χ3v) is 3.82. The highest BCUT2D eigenvalue weighted by atomic mass is 79.9. The van der Waals surface area contributed by atoms with Crippen molar-refractivity contribution in [1.29, 1.82) is 0 Å². The third kappa shape index (κ3) is 3.83. The van der Waals surface area contributed by atoms with E-state index in [2.05, 4.69) is 15.9 Å². The van der Waals surface area contributed by atoms with Crippen molar-refractivity contribution >= 4 is 45.2 Å². The summed E-state index contributed by atoms with van der Waals surface area (Å²) in [5.41, 5.74) is -0.190. The van der Waals surface area contributed by atoms with Crippen LogP contribution < -0.4 is 0 Å². The molecule has 1 aromatic carbocycles.